The molecule has 4 nitrogen and oxygen atoms in total. The standard InChI is InChI=1S/C11H21NO2.C8H6ClN.C8H8F2/c1-4-9(2)10-7-11(13)12(8-10)5-6-14-3;1-6-2-3-7(5-10)8(9)4-6;1-2-6-4-3-5-7(9)8(6)10/h9-10H,4-8H2,1-3H3;2-4H,1H3;3-5H,2H2,1H3. The van der Waals surface area contributed by atoms with Crippen molar-refractivity contribution < 1.29 is 18.3 Å². The Labute approximate surface area is 207 Å². The van der Waals surface area contributed by atoms with Crippen molar-refractivity contribution in [2.24, 2.45) is 11.8 Å². The Kier molecular flexibility index (Phi) is 13.4. The molecular formula is C27H35ClF2N2O2. The molecule has 0 spiro atoms. The van der Waals surface area contributed by atoms with E-state index in [0.717, 1.165) is 37.6 Å². The zero-order valence-corrected chi connectivity index (χ0v) is 21.5. The first kappa shape index (κ1) is 29.5. The molecule has 0 radical (unpaired) electrons. The second-order valence-electron chi connectivity index (χ2n) is 8.34. The Hall–Kier alpha value is -2.49. The maximum Gasteiger partial charge on any atom is 0.223 e. The average molecular weight is 493 g/mol. The molecule has 0 aromatic heterocycles. The first-order valence-electron chi connectivity index (χ1n) is 11.5. The number of methoxy groups -OCH3 is 1. The molecule has 3 rings (SSSR count). The minimum atomic E-state index is -0.764. The van der Waals surface area contributed by atoms with Gasteiger partial charge in [-0.05, 0) is 54.5 Å². The number of aryl methyl sites for hydroxylation is 2. The summed E-state index contributed by atoms with van der Waals surface area (Å²) in [6.07, 6.45) is 2.43. The topological polar surface area (TPSA) is 53.3 Å². The van der Waals surface area contributed by atoms with Gasteiger partial charge in [-0.15, -0.1) is 0 Å². The van der Waals surface area contributed by atoms with Crippen molar-refractivity contribution >= 4 is 17.5 Å². The second-order valence-corrected chi connectivity index (χ2v) is 8.75. The Morgan fingerprint density at radius 3 is 2.50 bits per heavy atom. The van der Waals surface area contributed by atoms with Gasteiger partial charge in [-0.2, -0.15) is 5.26 Å². The van der Waals surface area contributed by atoms with Crippen LogP contribution in [0.3, 0.4) is 0 Å². The van der Waals surface area contributed by atoms with Crippen molar-refractivity contribution in [2.45, 2.75) is 47.0 Å². The molecule has 1 amide bonds. The van der Waals surface area contributed by atoms with Crippen LogP contribution in [0.2, 0.25) is 5.02 Å². The number of amides is 1. The van der Waals surface area contributed by atoms with Crippen molar-refractivity contribution in [3.8, 4) is 6.07 Å². The van der Waals surface area contributed by atoms with Gasteiger partial charge in [-0.1, -0.05) is 57.0 Å². The maximum atomic E-state index is 12.6. The lowest BCUT2D eigenvalue weighted by Gasteiger charge is -2.18. The van der Waals surface area contributed by atoms with Gasteiger partial charge in [0.1, 0.15) is 6.07 Å². The van der Waals surface area contributed by atoms with Crippen LogP contribution in [0.25, 0.3) is 0 Å². The lowest BCUT2D eigenvalue weighted by molar-refractivity contribution is -0.128. The molecule has 1 saturated heterocycles. The normalized spacial score (nSPS) is 15.6. The van der Waals surface area contributed by atoms with Gasteiger partial charge in [0.25, 0.3) is 0 Å². The summed E-state index contributed by atoms with van der Waals surface area (Å²) in [5, 5.41) is 9.00. The molecule has 0 N–H and O–H groups in total. The van der Waals surface area contributed by atoms with Crippen LogP contribution in [0.4, 0.5) is 8.78 Å². The fraction of sp³-hybridized carbons (Fsp3) is 0.481. The van der Waals surface area contributed by atoms with Gasteiger partial charge in [-0.25, -0.2) is 8.78 Å². The quantitative estimate of drug-likeness (QED) is 0.458. The predicted molar refractivity (Wildman–Crippen MR) is 133 cm³/mol. The van der Waals surface area contributed by atoms with Crippen LogP contribution in [-0.2, 0) is 16.0 Å². The number of nitriles is 1. The molecule has 1 heterocycles. The third-order valence-electron chi connectivity index (χ3n) is 5.92. The number of halogens is 3. The van der Waals surface area contributed by atoms with Crippen molar-refractivity contribution in [1.29, 1.82) is 5.26 Å². The summed E-state index contributed by atoms with van der Waals surface area (Å²) >= 11 is 5.71. The smallest absolute Gasteiger partial charge is 0.223 e. The zero-order chi connectivity index (χ0) is 25.7. The molecule has 1 fully saturated rings. The molecule has 1 aliphatic rings. The number of hydrogen-bond acceptors (Lipinski definition) is 3. The minimum absolute atomic E-state index is 0.298. The highest BCUT2D eigenvalue weighted by Crippen LogP contribution is 2.26. The molecule has 186 valence electrons. The van der Waals surface area contributed by atoms with Gasteiger partial charge in [0, 0.05) is 26.6 Å². The highest BCUT2D eigenvalue weighted by molar-refractivity contribution is 6.31. The van der Waals surface area contributed by atoms with E-state index < -0.39 is 11.6 Å². The summed E-state index contributed by atoms with van der Waals surface area (Å²) < 4.78 is 30.0. The highest BCUT2D eigenvalue weighted by Gasteiger charge is 2.31. The Bertz CT molecular complexity index is 962. The Morgan fingerprint density at radius 2 is 1.97 bits per heavy atom. The van der Waals surface area contributed by atoms with Crippen LogP contribution in [0.1, 0.15) is 50.3 Å². The van der Waals surface area contributed by atoms with Crippen molar-refractivity contribution in [3.63, 3.8) is 0 Å². The van der Waals surface area contributed by atoms with Gasteiger partial charge < -0.3 is 9.64 Å². The number of hydrogen-bond donors (Lipinski definition) is 0. The molecule has 2 aromatic rings. The third kappa shape index (κ3) is 9.40. The van der Waals surface area contributed by atoms with Gasteiger partial charge in [0.2, 0.25) is 5.91 Å². The van der Waals surface area contributed by atoms with Crippen LogP contribution >= 0.6 is 11.6 Å². The Morgan fingerprint density at radius 1 is 1.26 bits per heavy atom. The number of carbonyl (C=O) groups is 1. The van der Waals surface area contributed by atoms with Gasteiger partial charge in [-0.3, -0.25) is 4.79 Å². The van der Waals surface area contributed by atoms with Crippen molar-refractivity contribution in [3.05, 3.63) is 69.7 Å². The van der Waals surface area contributed by atoms with E-state index in [1.54, 1.807) is 32.2 Å². The molecule has 0 saturated carbocycles. The first-order valence-corrected chi connectivity index (χ1v) is 11.9. The Balaban J connectivity index is 0.000000261. The van der Waals surface area contributed by atoms with Crippen molar-refractivity contribution in [2.75, 3.05) is 26.8 Å². The van der Waals surface area contributed by atoms with E-state index in [-0.39, 0.29) is 0 Å². The van der Waals surface area contributed by atoms with Crippen LogP contribution in [0.15, 0.2) is 36.4 Å². The van der Waals surface area contributed by atoms with Gasteiger partial charge in [0.05, 0.1) is 17.2 Å². The van der Waals surface area contributed by atoms with Crippen LogP contribution < -0.4 is 0 Å². The summed E-state index contributed by atoms with van der Waals surface area (Å²) in [6, 6.07) is 11.6. The molecule has 0 bridgehead atoms. The summed E-state index contributed by atoms with van der Waals surface area (Å²) in [6.45, 7) is 10.5. The average Bonchev–Trinajstić information content (AvgIpc) is 3.20. The number of nitrogens with zero attached hydrogens (tertiary/aromatic N) is 2. The van der Waals surface area contributed by atoms with Gasteiger partial charge >= 0.3 is 0 Å². The lowest BCUT2D eigenvalue weighted by Crippen LogP contribution is -2.29. The molecular weight excluding hydrogens is 458 g/mol. The number of benzene rings is 2. The maximum absolute atomic E-state index is 12.6. The molecule has 2 unspecified atom stereocenters. The van der Waals surface area contributed by atoms with E-state index >= 15 is 0 Å². The summed E-state index contributed by atoms with van der Waals surface area (Å²) in [4.78, 5) is 13.5. The minimum Gasteiger partial charge on any atom is -0.383 e. The molecule has 2 atom stereocenters. The monoisotopic (exact) mass is 492 g/mol. The van der Waals surface area contributed by atoms with Crippen LogP contribution in [-0.4, -0.2) is 37.6 Å². The first-order chi connectivity index (χ1) is 16.2. The largest absolute Gasteiger partial charge is 0.383 e. The summed E-state index contributed by atoms with van der Waals surface area (Å²) in [5.74, 6) is 0.0348. The van der Waals surface area contributed by atoms with Gasteiger partial charge in [0.15, 0.2) is 11.6 Å². The lowest BCUT2D eigenvalue weighted by atomic mass is 9.91. The third-order valence-corrected chi connectivity index (χ3v) is 6.23. The zero-order valence-electron chi connectivity index (χ0n) is 20.7. The number of likely N-dealkylation sites (tertiary alicyclic amines) is 1. The predicted octanol–water partition coefficient (Wildman–Crippen LogP) is 6.57. The SMILES string of the molecule is CCC(C)C1CC(=O)N(CCOC)C1.CCc1cccc(F)c1F.Cc1ccc(C#N)c(Cl)c1. The number of carbonyl (C=O) groups excluding carboxylic acids is 1. The van der Waals surface area contributed by atoms with Crippen molar-refractivity contribution in [1.82, 2.24) is 4.90 Å². The van der Waals surface area contributed by atoms with E-state index in [4.69, 9.17) is 21.6 Å². The number of ether oxygens (including phenoxy) is 1. The fourth-order valence-electron chi connectivity index (χ4n) is 3.47. The van der Waals surface area contributed by atoms with E-state index in [1.165, 1.54) is 6.07 Å². The van der Waals surface area contributed by atoms with Crippen LogP contribution in [0, 0.1) is 41.7 Å². The van der Waals surface area contributed by atoms with E-state index in [2.05, 4.69) is 13.8 Å². The number of rotatable bonds is 6. The molecule has 34 heavy (non-hydrogen) atoms. The molecule has 1 aliphatic heterocycles. The summed E-state index contributed by atoms with van der Waals surface area (Å²) in [5.41, 5.74) is 2.04. The van der Waals surface area contributed by atoms with E-state index in [1.807, 2.05) is 24.0 Å². The van der Waals surface area contributed by atoms with E-state index in [9.17, 15) is 13.6 Å². The highest BCUT2D eigenvalue weighted by atomic mass is 35.5. The van der Waals surface area contributed by atoms with E-state index in [0.29, 0.717) is 46.9 Å². The molecule has 7 heteroatoms. The molecule has 2 aromatic carbocycles. The van der Waals surface area contributed by atoms with Crippen LogP contribution in [0.5, 0.6) is 0 Å². The summed E-state index contributed by atoms with van der Waals surface area (Å²) in [7, 11) is 1.67. The second kappa shape index (κ2) is 15.4. The fourth-order valence-corrected chi connectivity index (χ4v) is 3.74. The molecule has 0 aliphatic carbocycles.